The van der Waals surface area contributed by atoms with Crippen molar-refractivity contribution in [1.82, 2.24) is 9.32 Å². The SMILES string of the molecule is N[C@@H](Cc1cncn1P(O)(O)=S)C(=O)O. The number of carboxylic acids is 1. The first-order valence-electron chi connectivity index (χ1n) is 3.88. The van der Waals surface area contributed by atoms with Crippen molar-refractivity contribution in [3.05, 3.63) is 18.2 Å². The summed E-state index contributed by atoms with van der Waals surface area (Å²) in [5, 5.41) is 8.58. The van der Waals surface area contributed by atoms with Crippen molar-refractivity contribution >= 4 is 24.4 Å². The first kappa shape index (κ1) is 12.3. The minimum atomic E-state index is -3.66. The van der Waals surface area contributed by atoms with Gasteiger partial charge in [-0.3, -0.25) is 9.13 Å². The second-order valence-corrected chi connectivity index (χ2v) is 5.82. The van der Waals surface area contributed by atoms with Crippen LogP contribution in [0.25, 0.3) is 0 Å². The molecular formula is C6H10N3O4PS. The smallest absolute Gasteiger partial charge is 0.320 e. The lowest BCUT2D eigenvalue weighted by Gasteiger charge is -2.13. The highest BCUT2D eigenvalue weighted by atomic mass is 32.5. The summed E-state index contributed by atoms with van der Waals surface area (Å²) in [6, 6.07) is -1.12. The van der Waals surface area contributed by atoms with E-state index in [9.17, 15) is 14.6 Å². The molecule has 9 heteroatoms. The van der Waals surface area contributed by atoms with Crippen LogP contribution in [0.15, 0.2) is 12.5 Å². The van der Waals surface area contributed by atoms with Crippen LogP contribution < -0.4 is 5.73 Å². The van der Waals surface area contributed by atoms with Crippen LogP contribution in [-0.2, 0) is 23.0 Å². The van der Waals surface area contributed by atoms with E-state index in [-0.39, 0.29) is 6.42 Å². The lowest BCUT2D eigenvalue weighted by molar-refractivity contribution is -0.138. The van der Waals surface area contributed by atoms with Gasteiger partial charge in [0.05, 0.1) is 0 Å². The number of carboxylic acid groups (broad SMARTS) is 1. The van der Waals surface area contributed by atoms with Gasteiger partial charge in [-0.05, 0) is 11.8 Å². The first-order chi connectivity index (χ1) is 6.82. The van der Waals surface area contributed by atoms with Crippen LogP contribution in [0, 0.1) is 0 Å². The van der Waals surface area contributed by atoms with E-state index in [1.807, 2.05) is 0 Å². The van der Waals surface area contributed by atoms with Crippen molar-refractivity contribution in [1.29, 1.82) is 0 Å². The minimum Gasteiger partial charge on any atom is -0.480 e. The minimum absolute atomic E-state index is 0.0607. The number of hydrogen-bond acceptors (Lipinski definition) is 4. The maximum Gasteiger partial charge on any atom is 0.320 e. The molecule has 1 aromatic heterocycles. The molecule has 0 aliphatic carbocycles. The molecule has 15 heavy (non-hydrogen) atoms. The molecule has 1 atom stereocenters. The highest BCUT2D eigenvalue weighted by Gasteiger charge is 2.19. The molecule has 5 N–H and O–H groups in total. The topological polar surface area (TPSA) is 122 Å². The number of imidazole rings is 1. The second-order valence-electron chi connectivity index (χ2n) is 2.89. The van der Waals surface area contributed by atoms with E-state index in [4.69, 9.17) is 10.8 Å². The quantitative estimate of drug-likeness (QED) is 0.501. The maximum atomic E-state index is 10.5. The predicted molar refractivity (Wildman–Crippen MR) is 55.7 cm³/mol. The Labute approximate surface area is 90.4 Å². The van der Waals surface area contributed by atoms with E-state index >= 15 is 0 Å². The van der Waals surface area contributed by atoms with Gasteiger partial charge in [0.25, 0.3) is 6.64 Å². The molecule has 1 heterocycles. The van der Waals surface area contributed by atoms with Gasteiger partial charge in [-0.2, -0.15) is 0 Å². The molecule has 0 radical (unpaired) electrons. The average molecular weight is 251 g/mol. The molecule has 7 nitrogen and oxygen atoms in total. The van der Waals surface area contributed by atoms with Crippen molar-refractivity contribution in [3.8, 4) is 0 Å². The lowest BCUT2D eigenvalue weighted by atomic mass is 10.2. The molecule has 0 amide bonds. The monoisotopic (exact) mass is 251 g/mol. The Morgan fingerprint density at radius 3 is 2.80 bits per heavy atom. The summed E-state index contributed by atoms with van der Waals surface area (Å²) in [6.45, 7) is -3.66. The highest BCUT2D eigenvalue weighted by Crippen LogP contribution is 2.38. The summed E-state index contributed by atoms with van der Waals surface area (Å²) < 4.78 is 0.977. The molecule has 1 rings (SSSR count). The molecule has 1 aromatic rings. The van der Waals surface area contributed by atoms with Crippen LogP contribution in [0.5, 0.6) is 0 Å². The zero-order valence-corrected chi connectivity index (χ0v) is 9.23. The number of rotatable bonds is 4. The van der Waals surface area contributed by atoms with Gasteiger partial charge in [-0.1, -0.05) is 0 Å². The van der Waals surface area contributed by atoms with E-state index in [1.54, 1.807) is 0 Å². The Balaban J connectivity index is 2.92. The maximum absolute atomic E-state index is 10.5. The van der Waals surface area contributed by atoms with E-state index < -0.39 is 18.7 Å². The van der Waals surface area contributed by atoms with Gasteiger partial charge in [0.2, 0.25) is 0 Å². The van der Waals surface area contributed by atoms with Gasteiger partial charge in [-0.25, -0.2) is 4.98 Å². The number of hydrogen-bond donors (Lipinski definition) is 4. The predicted octanol–water partition coefficient (Wildman–Crippen LogP) is -1.11. The Morgan fingerprint density at radius 1 is 1.73 bits per heavy atom. The summed E-state index contributed by atoms with van der Waals surface area (Å²) in [6.07, 6.45) is 2.38. The van der Waals surface area contributed by atoms with Crippen molar-refractivity contribution in [2.24, 2.45) is 5.73 Å². The number of aromatic nitrogens is 2. The van der Waals surface area contributed by atoms with Crippen LogP contribution in [0.2, 0.25) is 0 Å². The van der Waals surface area contributed by atoms with Crippen LogP contribution >= 0.6 is 6.64 Å². The summed E-state index contributed by atoms with van der Waals surface area (Å²) >= 11 is 4.47. The fourth-order valence-corrected chi connectivity index (χ4v) is 2.11. The average Bonchev–Trinajstić information content (AvgIpc) is 2.50. The molecule has 0 aliphatic heterocycles. The van der Waals surface area contributed by atoms with Crippen molar-refractivity contribution in [3.63, 3.8) is 0 Å². The number of aliphatic carboxylic acids is 1. The van der Waals surface area contributed by atoms with Crippen LogP contribution in [0.1, 0.15) is 5.69 Å². The van der Waals surface area contributed by atoms with Crippen molar-refractivity contribution in [2.45, 2.75) is 12.5 Å². The molecule has 0 bridgehead atoms. The molecule has 0 aromatic carbocycles. The van der Waals surface area contributed by atoms with Crippen molar-refractivity contribution < 1.29 is 19.7 Å². The van der Waals surface area contributed by atoms with Crippen LogP contribution in [-0.4, -0.2) is 36.2 Å². The molecule has 0 saturated heterocycles. The fourth-order valence-electron chi connectivity index (χ4n) is 1.01. The number of nitrogens with zero attached hydrogens (tertiary/aromatic N) is 2. The Morgan fingerprint density at radius 2 is 2.33 bits per heavy atom. The van der Waals surface area contributed by atoms with Gasteiger partial charge in [-0.15, -0.1) is 0 Å². The molecule has 0 spiro atoms. The van der Waals surface area contributed by atoms with Crippen molar-refractivity contribution in [2.75, 3.05) is 0 Å². The third-order valence-corrected chi connectivity index (χ3v) is 3.17. The van der Waals surface area contributed by atoms with E-state index in [2.05, 4.69) is 16.8 Å². The Bertz CT molecular complexity index is 414. The third-order valence-electron chi connectivity index (χ3n) is 1.72. The van der Waals surface area contributed by atoms with Gasteiger partial charge in [0.1, 0.15) is 12.4 Å². The number of carbonyl (C=O) groups is 1. The van der Waals surface area contributed by atoms with E-state index in [1.165, 1.54) is 6.20 Å². The second kappa shape index (κ2) is 4.38. The zero-order chi connectivity index (χ0) is 11.6. The molecule has 0 fully saturated rings. The highest BCUT2D eigenvalue weighted by molar-refractivity contribution is 8.08. The van der Waals surface area contributed by atoms with E-state index in [0.717, 1.165) is 10.7 Å². The van der Waals surface area contributed by atoms with Crippen LogP contribution in [0.3, 0.4) is 0 Å². The summed E-state index contributed by atoms with van der Waals surface area (Å²) in [7, 11) is 0. The first-order valence-corrected chi connectivity index (χ1v) is 6.54. The van der Waals surface area contributed by atoms with Gasteiger partial charge >= 0.3 is 5.97 Å². The van der Waals surface area contributed by atoms with E-state index in [0.29, 0.717) is 5.69 Å². The Kier molecular flexibility index (Phi) is 3.58. The Hall–Kier alpha value is -0.790. The third kappa shape index (κ3) is 3.08. The standard InChI is InChI=1S/C6H10N3O4PS/c7-5(6(10)11)1-4-2-8-3-9(4)14(12,13)15/h2-3,5H,1,7H2,(H,10,11)(H2,12,13,15)/t5-/m0/s1. The van der Waals surface area contributed by atoms with Gasteiger partial charge in [0.15, 0.2) is 0 Å². The molecule has 0 aliphatic rings. The van der Waals surface area contributed by atoms with Gasteiger partial charge in [0, 0.05) is 18.3 Å². The summed E-state index contributed by atoms with van der Waals surface area (Å²) in [5.74, 6) is -1.17. The lowest BCUT2D eigenvalue weighted by Crippen LogP contribution is -2.32. The summed E-state index contributed by atoms with van der Waals surface area (Å²) in [5.41, 5.74) is 5.58. The molecular weight excluding hydrogens is 241 g/mol. The fraction of sp³-hybridized carbons (Fsp3) is 0.333. The zero-order valence-electron chi connectivity index (χ0n) is 7.52. The van der Waals surface area contributed by atoms with Gasteiger partial charge < -0.3 is 20.6 Å². The largest absolute Gasteiger partial charge is 0.480 e. The molecule has 0 saturated carbocycles. The number of nitrogens with two attached hydrogens (primary N) is 1. The molecule has 0 unspecified atom stereocenters. The summed E-state index contributed by atoms with van der Waals surface area (Å²) in [4.78, 5) is 32.6. The van der Waals surface area contributed by atoms with Crippen LogP contribution in [0.4, 0.5) is 0 Å². The molecule has 84 valence electrons. The normalized spacial score (nSPS) is 13.8.